The summed E-state index contributed by atoms with van der Waals surface area (Å²) in [4.78, 5) is 36.6. The summed E-state index contributed by atoms with van der Waals surface area (Å²) in [7, 11) is 0. The van der Waals surface area contributed by atoms with Crippen LogP contribution in [0.2, 0.25) is 0 Å². The van der Waals surface area contributed by atoms with E-state index in [0.29, 0.717) is 12.8 Å². The molecule has 0 saturated heterocycles. The van der Waals surface area contributed by atoms with E-state index in [1.807, 2.05) is 54.6 Å². The van der Waals surface area contributed by atoms with Crippen molar-refractivity contribution in [1.82, 2.24) is 10.6 Å². The lowest BCUT2D eigenvalue weighted by molar-refractivity contribution is -0.143. The molecule has 0 radical (unpaired) electrons. The number of carboxylic acid groups (broad SMARTS) is 1. The molecule has 0 heterocycles. The van der Waals surface area contributed by atoms with Crippen LogP contribution in [-0.2, 0) is 20.8 Å². The molecule has 0 aromatic heterocycles. The lowest BCUT2D eigenvalue weighted by Gasteiger charge is -2.30. The molecule has 2 aromatic rings. The number of carbonyl (C=O) groups is 3. The first-order valence-corrected chi connectivity index (χ1v) is 10.7. The zero-order valence-electron chi connectivity index (χ0n) is 16.6. The molecule has 3 rings (SSSR count). The van der Waals surface area contributed by atoms with Crippen LogP contribution >= 0.6 is 12.6 Å². The normalized spacial score (nSPS) is 15.9. The van der Waals surface area contributed by atoms with Crippen molar-refractivity contribution < 1.29 is 19.5 Å². The molecule has 1 atom stereocenters. The molecule has 0 bridgehead atoms. The molecule has 1 aliphatic rings. The molecule has 158 valence electrons. The monoisotopic (exact) mass is 426 g/mol. The smallest absolute Gasteiger partial charge is 0.326 e. The average Bonchev–Trinajstić information content (AvgIpc) is 3.24. The summed E-state index contributed by atoms with van der Waals surface area (Å²) in [5.74, 6) is -1.91. The second-order valence-corrected chi connectivity index (χ2v) is 7.94. The van der Waals surface area contributed by atoms with Gasteiger partial charge < -0.3 is 15.7 Å². The summed E-state index contributed by atoms with van der Waals surface area (Å²) in [5.41, 5.74) is 1.87. The van der Waals surface area contributed by atoms with Gasteiger partial charge >= 0.3 is 5.97 Å². The zero-order valence-corrected chi connectivity index (χ0v) is 17.5. The Morgan fingerprint density at radius 3 is 2.13 bits per heavy atom. The van der Waals surface area contributed by atoms with Crippen molar-refractivity contribution in [3.8, 4) is 11.1 Å². The lowest BCUT2D eigenvalue weighted by atomic mass is 9.94. The van der Waals surface area contributed by atoms with E-state index in [9.17, 15) is 19.5 Å². The summed E-state index contributed by atoms with van der Waals surface area (Å²) in [6.07, 6.45) is 2.76. The summed E-state index contributed by atoms with van der Waals surface area (Å²) < 4.78 is 0. The first kappa shape index (κ1) is 21.9. The van der Waals surface area contributed by atoms with Gasteiger partial charge in [-0.15, -0.1) is 0 Å². The van der Waals surface area contributed by atoms with Gasteiger partial charge in [0.2, 0.25) is 11.8 Å². The van der Waals surface area contributed by atoms with Crippen LogP contribution in [0.1, 0.15) is 31.2 Å². The van der Waals surface area contributed by atoms with Crippen LogP contribution in [0.25, 0.3) is 11.1 Å². The Hall–Kier alpha value is -2.80. The second kappa shape index (κ2) is 9.80. The third-order valence-corrected chi connectivity index (χ3v) is 5.81. The SMILES string of the molecule is O=C(CS)NC1(C(=O)N[C@@H](Cc2ccc(-c3ccccc3)cc2)C(=O)O)CCCC1. The Balaban J connectivity index is 1.70. The van der Waals surface area contributed by atoms with E-state index in [2.05, 4.69) is 23.3 Å². The first-order valence-electron chi connectivity index (χ1n) is 10.0. The van der Waals surface area contributed by atoms with Gasteiger partial charge in [0.15, 0.2) is 0 Å². The highest BCUT2D eigenvalue weighted by atomic mass is 32.1. The zero-order chi connectivity index (χ0) is 21.6. The van der Waals surface area contributed by atoms with Gasteiger partial charge in [0.05, 0.1) is 5.75 Å². The van der Waals surface area contributed by atoms with Crippen molar-refractivity contribution >= 4 is 30.4 Å². The maximum absolute atomic E-state index is 12.9. The van der Waals surface area contributed by atoms with Crippen molar-refractivity contribution in [2.45, 2.75) is 43.7 Å². The number of aliphatic carboxylic acids is 1. The van der Waals surface area contributed by atoms with Crippen LogP contribution in [0.3, 0.4) is 0 Å². The summed E-state index contributed by atoms with van der Waals surface area (Å²) in [5, 5.41) is 15.1. The van der Waals surface area contributed by atoms with Crippen molar-refractivity contribution in [2.24, 2.45) is 0 Å². The number of hydrogen-bond donors (Lipinski definition) is 4. The van der Waals surface area contributed by atoms with Crippen molar-refractivity contribution in [3.63, 3.8) is 0 Å². The van der Waals surface area contributed by atoms with Crippen molar-refractivity contribution in [3.05, 3.63) is 60.2 Å². The van der Waals surface area contributed by atoms with Crippen LogP contribution in [-0.4, -0.2) is 40.2 Å². The molecule has 30 heavy (non-hydrogen) atoms. The minimum absolute atomic E-state index is 0.0227. The van der Waals surface area contributed by atoms with Gasteiger partial charge in [-0.2, -0.15) is 12.6 Å². The molecular weight excluding hydrogens is 400 g/mol. The fourth-order valence-corrected chi connectivity index (χ4v) is 3.97. The summed E-state index contributed by atoms with van der Waals surface area (Å²) in [6, 6.07) is 16.4. The number of carbonyl (C=O) groups excluding carboxylic acids is 2. The van der Waals surface area contributed by atoms with Gasteiger partial charge in [0.25, 0.3) is 0 Å². The Bertz CT molecular complexity index is 893. The van der Waals surface area contributed by atoms with Gasteiger partial charge in [-0.05, 0) is 29.5 Å². The maximum Gasteiger partial charge on any atom is 0.326 e. The lowest BCUT2D eigenvalue weighted by Crippen LogP contribution is -2.60. The minimum atomic E-state index is -1.11. The molecule has 6 nitrogen and oxygen atoms in total. The maximum atomic E-state index is 12.9. The van der Waals surface area contributed by atoms with Crippen LogP contribution < -0.4 is 10.6 Å². The summed E-state index contributed by atoms with van der Waals surface area (Å²) in [6.45, 7) is 0. The highest BCUT2D eigenvalue weighted by molar-refractivity contribution is 7.81. The predicted octanol–water partition coefficient (Wildman–Crippen LogP) is 2.82. The standard InChI is InChI=1S/C23H26N2O4S/c26-20(15-30)25-23(12-4-5-13-23)22(29)24-19(21(27)28)14-16-8-10-18(11-9-16)17-6-2-1-3-7-17/h1-3,6-11,19,30H,4-5,12-15H2,(H,24,29)(H,25,26)(H,27,28)/t19-/m0/s1. The molecule has 7 heteroatoms. The van der Waals surface area contributed by atoms with E-state index in [0.717, 1.165) is 29.5 Å². The van der Waals surface area contributed by atoms with E-state index in [1.165, 1.54) is 0 Å². The third kappa shape index (κ3) is 5.21. The molecule has 3 N–H and O–H groups in total. The molecule has 0 unspecified atom stereocenters. The van der Waals surface area contributed by atoms with Crippen LogP contribution in [0.15, 0.2) is 54.6 Å². The Labute approximate surface area is 181 Å². The van der Waals surface area contributed by atoms with E-state index >= 15 is 0 Å². The van der Waals surface area contributed by atoms with E-state index < -0.39 is 23.5 Å². The van der Waals surface area contributed by atoms with Gasteiger partial charge in [-0.25, -0.2) is 4.79 Å². The van der Waals surface area contributed by atoms with Gasteiger partial charge in [0.1, 0.15) is 11.6 Å². The van der Waals surface area contributed by atoms with E-state index in [1.54, 1.807) is 0 Å². The summed E-state index contributed by atoms with van der Waals surface area (Å²) >= 11 is 3.96. The fraction of sp³-hybridized carbons (Fsp3) is 0.348. The highest BCUT2D eigenvalue weighted by Crippen LogP contribution is 2.30. The fourth-order valence-electron chi connectivity index (χ4n) is 3.89. The first-order chi connectivity index (χ1) is 14.4. The van der Waals surface area contributed by atoms with Crippen LogP contribution in [0.4, 0.5) is 0 Å². The number of rotatable bonds is 8. The largest absolute Gasteiger partial charge is 0.480 e. The number of benzene rings is 2. The number of hydrogen-bond acceptors (Lipinski definition) is 4. The molecule has 1 fully saturated rings. The molecule has 1 saturated carbocycles. The third-order valence-electron chi connectivity index (χ3n) is 5.52. The quantitative estimate of drug-likeness (QED) is 0.488. The van der Waals surface area contributed by atoms with Crippen molar-refractivity contribution in [2.75, 3.05) is 5.75 Å². The molecule has 1 aliphatic carbocycles. The number of carboxylic acids is 1. The second-order valence-electron chi connectivity index (χ2n) is 7.63. The topological polar surface area (TPSA) is 95.5 Å². The number of amides is 2. The average molecular weight is 427 g/mol. The molecule has 2 amide bonds. The highest BCUT2D eigenvalue weighted by Gasteiger charge is 2.43. The Morgan fingerprint density at radius 2 is 1.57 bits per heavy atom. The Kier molecular flexibility index (Phi) is 7.15. The molecule has 0 spiro atoms. The Morgan fingerprint density at radius 1 is 0.967 bits per heavy atom. The molecule has 2 aromatic carbocycles. The van der Waals surface area contributed by atoms with Crippen LogP contribution in [0, 0.1) is 0 Å². The van der Waals surface area contributed by atoms with Gasteiger partial charge in [-0.1, -0.05) is 67.4 Å². The van der Waals surface area contributed by atoms with Crippen LogP contribution in [0.5, 0.6) is 0 Å². The van der Waals surface area contributed by atoms with E-state index in [4.69, 9.17) is 0 Å². The molecular formula is C23H26N2O4S. The van der Waals surface area contributed by atoms with Crippen molar-refractivity contribution in [1.29, 1.82) is 0 Å². The predicted molar refractivity (Wildman–Crippen MR) is 118 cm³/mol. The van der Waals surface area contributed by atoms with Gasteiger partial charge in [-0.3, -0.25) is 9.59 Å². The molecule has 0 aliphatic heterocycles. The van der Waals surface area contributed by atoms with Gasteiger partial charge in [0, 0.05) is 6.42 Å². The minimum Gasteiger partial charge on any atom is -0.480 e. The number of nitrogens with one attached hydrogen (secondary N) is 2. The number of thiol groups is 1. The van der Waals surface area contributed by atoms with E-state index in [-0.39, 0.29) is 18.1 Å².